The molecular formula is C55H94O6. The van der Waals surface area contributed by atoms with Gasteiger partial charge < -0.3 is 14.2 Å². The van der Waals surface area contributed by atoms with Crippen LogP contribution in [0.2, 0.25) is 0 Å². The Hall–Kier alpha value is -3.15. The van der Waals surface area contributed by atoms with Crippen LogP contribution in [0.4, 0.5) is 0 Å². The minimum absolute atomic E-state index is 0.100. The van der Waals surface area contributed by atoms with Crippen molar-refractivity contribution >= 4 is 17.9 Å². The summed E-state index contributed by atoms with van der Waals surface area (Å²) >= 11 is 0. The number of hydrogen-bond donors (Lipinski definition) is 0. The van der Waals surface area contributed by atoms with Gasteiger partial charge in [0.1, 0.15) is 13.2 Å². The van der Waals surface area contributed by atoms with E-state index in [2.05, 4.69) is 93.7 Å². The molecule has 0 aliphatic rings. The highest BCUT2D eigenvalue weighted by Crippen LogP contribution is 2.13. The standard InChI is InChI=1S/C55H94O6/c1-4-7-10-13-16-19-22-24-26-27-29-30-33-36-39-42-45-48-54(57)60-51-52(50-59-53(56)47-44-41-38-35-32-21-18-15-12-9-6-3)61-55(58)49-46-43-40-37-34-31-28-25-23-20-17-14-11-8-5-2/h15-16,18-19,24-26,28-30,36,39,52H,4-14,17,20-23,27,31-35,37-38,40-51H2,1-3H3/b18-15-,19-16-,26-24-,28-25-,30-29-,39-36-/t52-/m0/s1. The van der Waals surface area contributed by atoms with E-state index in [0.29, 0.717) is 19.3 Å². The SMILES string of the molecule is CCCC/C=C\CCCCCCCC(=O)OC[C@@H](COC(=O)CCC/C=C\C/C=C\C/C=C\C/C=C\CCCCC)OC(=O)CCCCCCC/C=C\CCCCCCCC. The van der Waals surface area contributed by atoms with Crippen LogP contribution in [0.15, 0.2) is 72.9 Å². The lowest BCUT2D eigenvalue weighted by Gasteiger charge is -2.18. The van der Waals surface area contributed by atoms with Crippen molar-refractivity contribution in [3.05, 3.63) is 72.9 Å². The maximum Gasteiger partial charge on any atom is 0.306 e. The van der Waals surface area contributed by atoms with E-state index in [1.54, 1.807) is 0 Å². The van der Waals surface area contributed by atoms with Gasteiger partial charge in [0.2, 0.25) is 0 Å². The lowest BCUT2D eigenvalue weighted by atomic mass is 10.1. The van der Waals surface area contributed by atoms with Gasteiger partial charge in [-0.1, -0.05) is 190 Å². The molecule has 6 nitrogen and oxygen atoms in total. The first-order chi connectivity index (χ1) is 30.0. The first kappa shape index (κ1) is 57.9. The van der Waals surface area contributed by atoms with E-state index < -0.39 is 6.10 Å². The summed E-state index contributed by atoms with van der Waals surface area (Å²) in [5, 5.41) is 0. The van der Waals surface area contributed by atoms with Crippen molar-refractivity contribution in [2.45, 2.75) is 245 Å². The van der Waals surface area contributed by atoms with Gasteiger partial charge in [0.25, 0.3) is 0 Å². The van der Waals surface area contributed by atoms with E-state index in [1.807, 2.05) is 0 Å². The molecule has 0 aromatic rings. The summed E-state index contributed by atoms with van der Waals surface area (Å²) in [4.78, 5) is 37.9. The fourth-order valence-corrected chi connectivity index (χ4v) is 6.76. The van der Waals surface area contributed by atoms with E-state index >= 15 is 0 Å². The maximum absolute atomic E-state index is 12.8. The molecule has 61 heavy (non-hydrogen) atoms. The van der Waals surface area contributed by atoms with Crippen molar-refractivity contribution < 1.29 is 28.6 Å². The zero-order valence-electron chi connectivity index (χ0n) is 39.9. The van der Waals surface area contributed by atoms with E-state index in [1.165, 1.54) is 103 Å². The summed E-state index contributed by atoms with van der Waals surface area (Å²) in [6.07, 6.45) is 61.7. The second-order valence-corrected chi connectivity index (χ2v) is 16.7. The van der Waals surface area contributed by atoms with Crippen LogP contribution in [0.1, 0.15) is 239 Å². The molecule has 0 saturated carbocycles. The fraction of sp³-hybridized carbons (Fsp3) is 0.727. The number of unbranched alkanes of at least 4 members (excludes halogenated alkanes) is 22. The molecule has 350 valence electrons. The first-order valence-corrected chi connectivity index (χ1v) is 25.4. The summed E-state index contributed by atoms with van der Waals surface area (Å²) in [5.41, 5.74) is 0. The van der Waals surface area contributed by atoms with Crippen LogP contribution in [0.3, 0.4) is 0 Å². The van der Waals surface area contributed by atoms with Gasteiger partial charge in [0.15, 0.2) is 6.10 Å². The summed E-state index contributed by atoms with van der Waals surface area (Å²) in [6, 6.07) is 0. The summed E-state index contributed by atoms with van der Waals surface area (Å²) in [7, 11) is 0. The number of esters is 3. The molecule has 0 saturated heterocycles. The minimum Gasteiger partial charge on any atom is -0.462 e. The molecule has 0 radical (unpaired) electrons. The Morgan fingerprint density at radius 2 is 0.623 bits per heavy atom. The third kappa shape index (κ3) is 47.7. The summed E-state index contributed by atoms with van der Waals surface area (Å²) < 4.78 is 16.7. The van der Waals surface area contributed by atoms with Crippen LogP contribution in [-0.4, -0.2) is 37.2 Å². The number of carbonyl (C=O) groups is 3. The number of allylic oxidation sites excluding steroid dienone is 12. The molecular weight excluding hydrogens is 757 g/mol. The molecule has 0 unspecified atom stereocenters. The molecule has 0 aliphatic heterocycles. The van der Waals surface area contributed by atoms with Crippen molar-refractivity contribution in [2.75, 3.05) is 13.2 Å². The Kier molecular flexibility index (Phi) is 46.9. The molecule has 0 fully saturated rings. The average molecular weight is 851 g/mol. The molecule has 0 N–H and O–H groups in total. The number of rotatable bonds is 45. The van der Waals surface area contributed by atoms with Gasteiger partial charge in [0, 0.05) is 19.3 Å². The van der Waals surface area contributed by atoms with E-state index in [0.717, 1.165) is 89.9 Å². The summed E-state index contributed by atoms with van der Waals surface area (Å²) in [6.45, 7) is 6.50. The van der Waals surface area contributed by atoms with Gasteiger partial charge >= 0.3 is 17.9 Å². The lowest BCUT2D eigenvalue weighted by molar-refractivity contribution is -0.167. The molecule has 0 aliphatic carbocycles. The largest absolute Gasteiger partial charge is 0.462 e. The highest BCUT2D eigenvalue weighted by atomic mass is 16.6. The average Bonchev–Trinajstić information content (AvgIpc) is 3.26. The molecule has 0 amide bonds. The molecule has 1 atom stereocenters. The third-order valence-corrected chi connectivity index (χ3v) is 10.7. The molecule has 0 aromatic heterocycles. The smallest absolute Gasteiger partial charge is 0.306 e. The molecule has 6 heteroatoms. The Labute approximate surface area is 376 Å². The number of ether oxygens (including phenoxy) is 3. The Morgan fingerprint density at radius 3 is 1.08 bits per heavy atom. The van der Waals surface area contributed by atoms with E-state index in [9.17, 15) is 14.4 Å². The highest BCUT2D eigenvalue weighted by molar-refractivity contribution is 5.71. The van der Waals surface area contributed by atoms with Crippen LogP contribution in [0, 0.1) is 0 Å². The van der Waals surface area contributed by atoms with Gasteiger partial charge in [-0.25, -0.2) is 0 Å². The molecule has 0 aromatic carbocycles. The van der Waals surface area contributed by atoms with E-state index in [-0.39, 0.29) is 37.5 Å². The minimum atomic E-state index is -0.803. The number of hydrogen-bond acceptors (Lipinski definition) is 6. The Balaban J connectivity index is 4.48. The van der Waals surface area contributed by atoms with Crippen molar-refractivity contribution in [3.63, 3.8) is 0 Å². The Bertz CT molecular complexity index is 1160. The van der Waals surface area contributed by atoms with Gasteiger partial charge in [-0.15, -0.1) is 0 Å². The monoisotopic (exact) mass is 851 g/mol. The van der Waals surface area contributed by atoms with Gasteiger partial charge in [-0.05, 0) is 103 Å². The van der Waals surface area contributed by atoms with Crippen LogP contribution in [0.5, 0.6) is 0 Å². The Morgan fingerprint density at radius 1 is 0.328 bits per heavy atom. The van der Waals surface area contributed by atoms with Gasteiger partial charge in [-0.2, -0.15) is 0 Å². The topological polar surface area (TPSA) is 78.9 Å². The van der Waals surface area contributed by atoms with Crippen LogP contribution in [-0.2, 0) is 28.6 Å². The molecule has 0 bridgehead atoms. The lowest BCUT2D eigenvalue weighted by Crippen LogP contribution is -2.30. The third-order valence-electron chi connectivity index (χ3n) is 10.7. The maximum atomic E-state index is 12.8. The zero-order valence-corrected chi connectivity index (χ0v) is 39.9. The second kappa shape index (κ2) is 49.5. The summed E-state index contributed by atoms with van der Waals surface area (Å²) in [5.74, 6) is -0.977. The fourth-order valence-electron chi connectivity index (χ4n) is 6.76. The van der Waals surface area contributed by atoms with Crippen LogP contribution < -0.4 is 0 Å². The van der Waals surface area contributed by atoms with Crippen molar-refractivity contribution in [1.29, 1.82) is 0 Å². The van der Waals surface area contributed by atoms with Gasteiger partial charge in [0.05, 0.1) is 0 Å². The normalized spacial score (nSPS) is 12.6. The molecule has 0 heterocycles. The van der Waals surface area contributed by atoms with Crippen LogP contribution in [0.25, 0.3) is 0 Å². The highest BCUT2D eigenvalue weighted by Gasteiger charge is 2.19. The van der Waals surface area contributed by atoms with Gasteiger partial charge in [-0.3, -0.25) is 14.4 Å². The number of carbonyl (C=O) groups excluding carboxylic acids is 3. The predicted molar refractivity (Wildman–Crippen MR) is 261 cm³/mol. The van der Waals surface area contributed by atoms with Crippen molar-refractivity contribution in [3.8, 4) is 0 Å². The molecule has 0 spiro atoms. The van der Waals surface area contributed by atoms with Crippen molar-refractivity contribution in [2.24, 2.45) is 0 Å². The van der Waals surface area contributed by atoms with Crippen molar-refractivity contribution in [1.82, 2.24) is 0 Å². The van der Waals surface area contributed by atoms with Crippen LogP contribution >= 0.6 is 0 Å². The predicted octanol–water partition coefficient (Wildman–Crippen LogP) is 16.6. The second-order valence-electron chi connectivity index (χ2n) is 16.7. The first-order valence-electron chi connectivity index (χ1n) is 25.4. The zero-order chi connectivity index (χ0) is 44.4. The molecule has 0 rings (SSSR count). The van der Waals surface area contributed by atoms with E-state index in [4.69, 9.17) is 14.2 Å². The quantitative estimate of drug-likeness (QED) is 0.0263.